The molecule has 0 bridgehead atoms. The number of nitrogens with two attached hydrogens (primary N) is 1. The van der Waals surface area contributed by atoms with Crippen LogP contribution in [0.2, 0.25) is 0 Å². The lowest BCUT2D eigenvalue weighted by atomic mass is 10.1. The van der Waals surface area contributed by atoms with E-state index in [1.165, 1.54) is 0 Å². The number of aryl methyl sites for hydroxylation is 1. The summed E-state index contributed by atoms with van der Waals surface area (Å²) in [6.45, 7) is 2.74. The maximum atomic E-state index is 5.78. The summed E-state index contributed by atoms with van der Waals surface area (Å²) in [6.07, 6.45) is 0. The van der Waals surface area contributed by atoms with Crippen molar-refractivity contribution in [1.82, 2.24) is 4.98 Å². The van der Waals surface area contributed by atoms with Crippen LogP contribution >= 0.6 is 39.5 Å². The maximum absolute atomic E-state index is 5.78. The molecule has 0 spiro atoms. The molecule has 0 fully saturated rings. The highest BCUT2D eigenvalue weighted by Crippen LogP contribution is 2.26. The molecule has 1 aromatic heterocycles. The highest BCUT2D eigenvalue weighted by Gasteiger charge is 2.12. The molecule has 0 aliphatic carbocycles. The minimum atomic E-state index is 0.406. The smallest absolute Gasteiger partial charge is 0.106 e. The van der Waals surface area contributed by atoms with E-state index in [2.05, 4.69) is 31.2 Å². The minimum Gasteiger partial charge on any atom is -0.389 e. The highest BCUT2D eigenvalue weighted by atomic mass is 79.9. The van der Waals surface area contributed by atoms with Crippen molar-refractivity contribution < 1.29 is 0 Å². The van der Waals surface area contributed by atoms with Crippen molar-refractivity contribution in [1.29, 1.82) is 0 Å². The molecule has 1 aromatic carbocycles. The number of hydrogen-bond acceptors (Lipinski definition) is 4. The van der Waals surface area contributed by atoms with Crippen molar-refractivity contribution in [2.75, 3.05) is 11.9 Å². The Bertz CT molecular complexity index is 610. The molecule has 6 heteroatoms. The molecule has 3 nitrogen and oxygen atoms in total. The summed E-state index contributed by atoms with van der Waals surface area (Å²) in [5.41, 5.74) is 8.72. The van der Waals surface area contributed by atoms with Crippen LogP contribution in [0.25, 0.3) is 0 Å². The Balaban J connectivity index is 2.29. The van der Waals surface area contributed by atoms with Gasteiger partial charge in [-0.15, -0.1) is 11.3 Å². The molecule has 2 aromatic rings. The predicted octanol–water partition coefficient (Wildman–Crippen LogP) is 3.48. The lowest BCUT2D eigenvalue weighted by Gasteiger charge is -2.21. The van der Waals surface area contributed by atoms with Gasteiger partial charge in [-0.1, -0.05) is 28.1 Å². The second kappa shape index (κ2) is 5.98. The summed E-state index contributed by atoms with van der Waals surface area (Å²) in [7, 11) is 2.01. The van der Waals surface area contributed by atoms with Crippen molar-refractivity contribution in [3.05, 3.63) is 44.3 Å². The third-order valence-electron chi connectivity index (χ3n) is 2.70. The molecule has 0 saturated carbocycles. The van der Waals surface area contributed by atoms with Crippen LogP contribution in [0, 0.1) is 6.92 Å². The first kappa shape index (κ1) is 14.4. The first-order valence-electron chi connectivity index (χ1n) is 5.69. The quantitative estimate of drug-likeness (QED) is 0.852. The van der Waals surface area contributed by atoms with Gasteiger partial charge in [0.15, 0.2) is 0 Å². The molecule has 0 aliphatic heterocycles. The fourth-order valence-electron chi connectivity index (χ4n) is 1.84. The number of halogens is 1. The van der Waals surface area contributed by atoms with Gasteiger partial charge in [-0.2, -0.15) is 0 Å². The molecular weight excluding hydrogens is 342 g/mol. The van der Waals surface area contributed by atoms with E-state index in [0.29, 0.717) is 4.99 Å². The number of thiocarbonyl (C=S) groups is 1. The number of hydrogen-bond donors (Lipinski definition) is 1. The summed E-state index contributed by atoms with van der Waals surface area (Å²) in [6, 6.07) is 5.90. The number of anilines is 1. The van der Waals surface area contributed by atoms with Gasteiger partial charge in [0.25, 0.3) is 0 Å². The summed E-state index contributed by atoms with van der Waals surface area (Å²) in [4.78, 5) is 6.99. The number of rotatable bonds is 4. The third kappa shape index (κ3) is 3.52. The van der Waals surface area contributed by atoms with E-state index in [1.54, 1.807) is 11.3 Å². The topological polar surface area (TPSA) is 42.2 Å². The normalized spacial score (nSPS) is 10.5. The van der Waals surface area contributed by atoms with Crippen LogP contribution in [-0.4, -0.2) is 17.0 Å². The van der Waals surface area contributed by atoms with Crippen LogP contribution in [0.4, 0.5) is 5.69 Å². The standard InChI is InChI=1S/C13H14BrN3S2/c1-8-16-10(7-19-8)6-17(2)12-5-9(14)3-4-11(12)13(15)18/h3-5,7H,6H2,1-2H3,(H2,15,18). The molecule has 0 atom stereocenters. The molecule has 19 heavy (non-hydrogen) atoms. The molecule has 2 N–H and O–H groups in total. The molecule has 0 aliphatic rings. The Morgan fingerprint density at radius 1 is 1.53 bits per heavy atom. The van der Waals surface area contributed by atoms with Crippen molar-refractivity contribution >= 4 is 50.2 Å². The fraction of sp³-hybridized carbons (Fsp3) is 0.231. The van der Waals surface area contributed by atoms with Gasteiger partial charge in [-0.3, -0.25) is 0 Å². The summed E-state index contributed by atoms with van der Waals surface area (Å²) >= 11 is 10.2. The average Bonchev–Trinajstić information content (AvgIpc) is 2.74. The molecule has 1 heterocycles. The summed E-state index contributed by atoms with van der Waals surface area (Å²) in [5.74, 6) is 0. The first-order chi connectivity index (χ1) is 8.97. The van der Waals surface area contributed by atoms with Crippen LogP contribution < -0.4 is 10.6 Å². The van der Waals surface area contributed by atoms with Gasteiger partial charge in [0.1, 0.15) is 4.99 Å². The lowest BCUT2D eigenvalue weighted by Crippen LogP contribution is -2.21. The van der Waals surface area contributed by atoms with E-state index >= 15 is 0 Å². The van der Waals surface area contributed by atoms with Gasteiger partial charge in [0.2, 0.25) is 0 Å². The Morgan fingerprint density at radius 2 is 2.26 bits per heavy atom. The van der Waals surface area contributed by atoms with E-state index in [9.17, 15) is 0 Å². The molecule has 0 saturated heterocycles. The third-order valence-corrected chi connectivity index (χ3v) is 4.24. The zero-order valence-electron chi connectivity index (χ0n) is 10.7. The molecule has 100 valence electrons. The molecule has 0 unspecified atom stereocenters. The van der Waals surface area contributed by atoms with Crippen molar-refractivity contribution in [2.45, 2.75) is 13.5 Å². The van der Waals surface area contributed by atoms with Crippen LogP contribution in [-0.2, 0) is 6.54 Å². The van der Waals surface area contributed by atoms with Gasteiger partial charge >= 0.3 is 0 Å². The molecule has 0 radical (unpaired) electrons. The monoisotopic (exact) mass is 355 g/mol. The largest absolute Gasteiger partial charge is 0.389 e. The lowest BCUT2D eigenvalue weighted by molar-refractivity contribution is 0.889. The SMILES string of the molecule is Cc1nc(CN(C)c2cc(Br)ccc2C(N)=S)cs1. The number of nitrogens with zero attached hydrogens (tertiary/aromatic N) is 2. The Hall–Kier alpha value is -0.980. The zero-order valence-corrected chi connectivity index (χ0v) is 13.9. The molecule has 2 rings (SSSR count). The average molecular weight is 356 g/mol. The van der Waals surface area contributed by atoms with E-state index in [1.807, 2.05) is 32.2 Å². The van der Waals surface area contributed by atoms with Crippen molar-refractivity contribution in [2.24, 2.45) is 5.73 Å². The Labute approximate surface area is 130 Å². The van der Waals surface area contributed by atoms with E-state index in [4.69, 9.17) is 18.0 Å². The second-order valence-corrected chi connectivity index (χ2v) is 6.66. The summed E-state index contributed by atoms with van der Waals surface area (Å²) < 4.78 is 1.00. The van der Waals surface area contributed by atoms with Crippen LogP contribution in [0.15, 0.2) is 28.1 Å². The van der Waals surface area contributed by atoms with E-state index in [-0.39, 0.29) is 0 Å². The number of thiazole rings is 1. The number of aromatic nitrogens is 1. The van der Waals surface area contributed by atoms with Crippen LogP contribution in [0.3, 0.4) is 0 Å². The predicted molar refractivity (Wildman–Crippen MR) is 89.0 cm³/mol. The maximum Gasteiger partial charge on any atom is 0.106 e. The summed E-state index contributed by atoms with van der Waals surface area (Å²) in [5, 5.41) is 3.15. The Kier molecular flexibility index (Phi) is 4.54. The van der Waals surface area contributed by atoms with Crippen molar-refractivity contribution in [3.8, 4) is 0 Å². The zero-order chi connectivity index (χ0) is 14.0. The van der Waals surface area contributed by atoms with E-state index < -0.39 is 0 Å². The highest BCUT2D eigenvalue weighted by molar-refractivity contribution is 9.10. The number of benzene rings is 1. The van der Waals surface area contributed by atoms with Gasteiger partial charge in [-0.05, 0) is 25.1 Å². The second-order valence-electron chi connectivity index (χ2n) is 4.24. The van der Waals surface area contributed by atoms with Crippen molar-refractivity contribution in [3.63, 3.8) is 0 Å². The fourth-order valence-corrected chi connectivity index (χ4v) is 2.96. The van der Waals surface area contributed by atoms with Gasteiger partial charge < -0.3 is 10.6 Å². The van der Waals surface area contributed by atoms with E-state index in [0.717, 1.165) is 33.0 Å². The minimum absolute atomic E-state index is 0.406. The van der Waals surface area contributed by atoms with Gasteiger partial charge in [0, 0.05) is 28.2 Å². The molecule has 0 amide bonds. The first-order valence-corrected chi connectivity index (χ1v) is 7.77. The van der Waals surface area contributed by atoms with Gasteiger partial charge in [0.05, 0.1) is 17.2 Å². The van der Waals surface area contributed by atoms with Gasteiger partial charge in [-0.25, -0.2) is 4.98 Å². The molecular formula is C13H14BrN3S2. The Morgan fingerprint density at radius 3 is 2.84 bits per heavy atom. The van der Waals surface area contributed by atoms with Crippen LogP contribution in [0.1, 0.15) is 16.3 Å². The van der Waals surface area contributed by atoms with Crippen LogP contribution in [0.5, 0.6) is 0 Å².